The Hall–Kier alpha value is -2.04. The summed E-state index contributed by atoms with van der Waals surface area (Å²) in [5.74, 6) is -0.182. The number of nitrogens with one attached hydrogen (secondary N) is 2. The van der Waals surface area contributed by atoms with E-state index in [1.807, 2.05) is 30.3 Å². The Balaban J connectivity index is 2.07. The molecule has 0 unspecified atom stereocenters. The standard InChI is InChI=1S/C19H28N2O3/c1-19(2,3)24-18(23)21-16(14-10-6-4-7-11-14)17(22)20-15-12-8-5-9-13-15/h4,6-7,10-11,15-16H,5,8-9,12-13H2,1-3H3,(H,20,22)(H,21,23)/t16-/m1/s1. The Bertz CT molecular complexity index is 545. The second-order valence-electron chi connectivity index (χ2n) is 7.33. The zero-order valence-electron chi connectivity index (χ0n) is 14.8. The van der Waals surface area contributed by atoms with Crippen molar-refractivity contribution in [1.29, 1.82) is 0 Å². The molecule has 24 heavy (non-hydrogen) atoms. The van der Waals surface area contributed by atoms with Crippen LogP contribution < -0.4 is 10.6 Å². The minimum atomic E-state index is -0.747. The van der Waals surface area contributed by atoms with E-state index in [1.165, 1.54) is 6.42 Å². The highest BCUT2D eigenvalue weighted by Crippen LogP contribution is 2.20. The molecule has 1 saturated carbocycles. The first kappa shape index (κ1) is 18.3. The van der Waals surface area contributed by atoms with Crippen LogP contribution >= 0.6 is 0 Å². The molecule has 1 fully saturated rings. The summed E-state index contributed by atoms with van der Waals surface area (Å²) in [6.07, 6.45) is 4.92. The van der Waals surface area contributed by atoms with Crippen molar-refractivity contribution < 1.29 is 14.3 Å². The molecule has 1 aromatic rings. The summed E-state index contributed by atoms with van der Waals surface area (Å²) in [7, 11) is 0. The number of benzene rings is 1. The van der Waals surface area contributed by atoms with Crippen molar-refractivity contribution in [2.45, 2.75) is 70.6 Å². The Labute approximate surface area is 144 Å². The van der Waals surface area contributed by atoms with Gasteiger partial charge in [0.15, 0.2) is 0 Å². The van der Waals surface area contributed by atoms with Crippen LogP contribution in [0.15, 0.2) is 30.3 Å². The quantitative estimate of drug-likeness (QED) is 0.883. The molecule has 2 rings (SSSR count). The van der Waals surface area contributed by atoms with Gasteiger partial charge in [-0.25, -0.2) is 4.79 Å². The Kier molecular flexibility index (Phi) is 6.23. The van der Waals surface area contributed by atoms with Gasteiger partial charge in [0.1, 0.15) is 11.6 Å². The fraction of sp³-hybridized carbons (Fsp3) is 0.579. The number of alkyl carbamates (subject to hydrolysis) is 1. The van der Waals surface area contributed by atoms with E-state index in [2.05, 4.69) is 10.6 Å². The SMILES string of the molecule is CC(C)(C)OC(=O)N[C@@H](C(=O)NC1CCCCC1)c1ccccc1. The molecule has 0 spiro atoms. The molecule has 0 saturated heterocycles. The number of rotatable bonds is 4. The molecule has 1 aliphatic rings. The van der Waals surface area contributed by atoms with Crippen LogP contribution in [0.3, 0.4) is 0 Å². The van der Waals surface area contributed by atoms with E-state index in [-0.39, 0.29) is 11.9 Å². The van der Waals surface area contributed by atoms with E-state index in [0.29, 0.717) is 0 Å². The maximum absolute atomic E-state index is 12.7. The summed E-state index contributed by atoms with van der Waals surface area (Å²) in [5, 5.41) is 5.78. The maximum Gasteiger partial charge on any atom is 0.408 e. The molecule has 1 aromatic carbocycles. The van der Waals surface area contributed by atoms with Gasteiger partial charge < -0.3 is 15.4 Å². The van der Waals surface area contributed by atoms with Crippen LogP contribution in [-0.4, -0.2) is 23.6 Å². The van der Waals surface area contributed by atoms with Crippen LogP contribution in [0.4, 0.5) is 4.79 Å². The lowest BCUT2D eigenvalue weighted by atomic mass is 9.95. The van der Waals surface area contributed by atoms with Gasteiger partial charge in [0.2, 0.25) is 5.91 Å². The van der Waals surface area contributed by atoms with E-state index < -0.39 is 17.7 Å². The van der Waals surface area contributed by atoms with E-state index in [9.17, 15) is 9.59 Å². The highest BCUT2D eigenvalue weighted by molar-refractivity contribution is 5.87. The Morgan fingerprint density at radius 1 is 1.08 bits per heavy atom. The highest BCUT2D eigenvalue weighted by atomic mass is 16.6. The predicted octanol–water partition coefficient (Wildman–Crippen LogP) is 3.70. The van der Waals surface area contributed by atoms with Gasteiger partial charge in [0, 0.05) is 6.04 Å². The lowest BCUT2D eigenvalue weighted by molar-refractivity contribution is -0.124. The molecule has 5 heteroatoms. The first-order valence-electron chi connectivity index (χ1n) is 8.70. The summed E-state index contributed by atoms with van der Waals surface area (Å²) in [6.45, 7) is 5.39. The molecule has 5 nitrogen and oxygen atoms in total. The van der Waals surface area contributed by atoms with Crippen LogP contribution in [0.1, 0.15) is 64.5 Å². The van der Waals surface area contributed by atoms with Gasteiger partial charge >= 0.3 is 6.09 Å². The lowest BCUT2D eigenvalue weighted by Gasteiger charge is -2.27. The van der Waals surface area contributed by atoms with E-state index >= 15 is 0 Å². The molecule has 1 atom stereocenters. The van der Waals surface area contributed by atoms with Crippen LogP contribution in [0.2, 0.25) is 0 Å². The smallest absolute Gasteiger partial charge is 0.408 e. The fourth-order valence-corrected chi connectivity index (χ4v) is 2.90. The van der Waals surface area contributed by atoms with Gasteiger partial charge in [-0.05, 0) is 39.2 Å². The molecule has 0 aromatic heterocycles. The number of carbonyl (C=O) groups is 2. The summed E-state index contributed by atoms with van der Waals surface area (Å²) >= 11 is 0. The van der Waals surface area contributed by atoms with Crippen LogP contribution in [-0.2, 0) is 9.53 Å². The summed E-state index contributed by atoms with van der Waals surface area (Å²) < 4.78 is 5.30. The molecular formula is C19H28N2O3. The molecule has 0 heterocycles. The Morgan fingerprint density at radius 3 is 2.29 bits per heavy atom. The molecule has 132 valence electrons. The second kappa shape index (κ2) is 8.18. The number of amides is 2. The van der Waals surface area contributed by atoms with Gasteiger partial charge in [0.25, 0.3) is 0 Å². The minimum Gasteiger partial charge on any atom is -0.444 e. The fourth-order valence-electron chi connectivity index (χ4n) is 2.90. The van der Waals surface area contributed by atoms with Crippen molar-refractivity contribution in [1.82, 2.24) is 10.6 Å². The summed E-state index contributed by atoms with van der Waals surface area (Å²) in [5.41, 5.74) is 0.141. The van der Waals surface area contributed by atoms with Crippen LogP contribution in [0.5, 0.6) is 0 Å². The summed E-state index contributed by atoms with van der Waals surface area (Å²) in [6, 6.07) is 8.71. The monoisotopic (exact) mass is 332 g/mol. The maximum atomic E-state index is 12.7. The third kappa shape index (κ3) is 5.87. The predicted molar refractivity (Wildman–Crippen MR) is 93.6 cm³/mol. The zero-order valence-corrected chi connectivity index (χ0v) is 14.8. The number of hydrogen-bond acceptors (Lipinski definition) is 3. The zero-order chi connectivity index (χ0) is 17.6. The molecule has 0 radical (unpaired) electrons. The normalized spacial score (nSPS) is 17.0. The molecule has 2 N–H and O–H groups in total. The first-order chi connectivity index (χ1) is 11.3. The van der Waals surface area contributed by atoms with Gasteiger partial charge in [-0.3, -0.25) is 4.79 Å². The Morgan fingerprint density at radius 2 is 1.71 bits per heavy atom. The van der Waals surface area contributed by atoms with Crippen molar-refractivity contribution >= 4 is 12.0 Å². The lowest BCUT2D eigenvalue weighted by Crippen LogP contribution is -2.46. The average molecular weight is 332 g/mol. The molecular weight excluding hydrogens is 304 g/mol. The van der Waals surface area contributed by atoms with Crippen molar-refractivity contribution in [3.8, 4) is 0 Å². The average Bonchev–Trinajstić information content (AvgIpc) is 2.52. The molecule has 0 aliphatic heterocycles. The number of ether oxygens (including phenoxy) is 1. The third-order valence-electron chi connectivity index (χ3n) is 4.01. The van der Waals surface area contributed by atoms with Gasteiger partial charge in [-0.2, -0.15) is 0 Å². The third-order valence-corrected chi connectivity index (χ3v) is 4.01. The molecule has 2 amide bonds. The van der Waals surface area contributed by atoms with Crippen LogP contribution in [0, 0.1) is 0 Å². The van der Waals surface area contributed by atoms with Gasteiger partial charge in [-0.1, -0.05) is 49.6 Å². The van der Waals surface area contributed by atoms with Crippen molar-refractivity contribution in [3.63, 3.8) is 0 Å². The van der Waals surface area contributed by atoms with Crippen molar-refractivity contribution in [2.75, 3.05) is 0 Å². The van der Waals surface area contributed by atoms with E-state index in [1.54, 1.807) is 20.8 Å². The molecule has 1 aliphatic carbocycles. The van der Waals surface area contributed by atoms with Gasteiger partial charge in [0.05, 0.1) is 0 Å². The molecule has 0 bridgehead atoms. The minimum absolute atomic E-state index is 0.182. The largest absolute Gasteiger partial charge is 0.444 e. The van der Waals surface area contributed by atoms with E-state index in [4.69, 9.17) is 4.74 Å². The number of hydrogen-bond donors (Lipinski definition) is 2. The van der Waals surface area contributed by atoms with Crippen LogP contribution in [0.25, 0.3) is 0 Å². The van der Waals surface area contributed by atoms with Crippen molar-refractivity contribution in [2.24, 2.45) is 0 Å². The van der Waals surface area contributed by atoms with Gasteiger partial charge in [-0.15, -0.1) is 0 Å². The van der Waals surface area contributed by atoms with E-state index in [0.717, 1.165) is 31.2 Å². The highest BCUT2D eigenvalue weighted by Gasteiger charge is 2.27. The topological polar surface area (TPSA) is 67.4 Å². The van der Waals surface area contributed by atoms with Crippen molar-refractivity contribution in [3.05, 3.63) is 35.9 Å². The second-order valence-corrected chi connectivity index (χ2v) is 7.33. The number of carbonyl (C=O) groups excluding carboxylic acids is 2. The summed E-state index contributed by atoms with van der Waals surface area (Å²) in [4.78, 5) is 24.9. The first-order valence-corrected chi connectivity index (χ1v) is 8.70.